The van der Waals surface area contributed by atoms with Crippen LogP contribution in [0.4, 0.5) is 0 Å². The fourth-order valence-corrected chi connectivity index (χ4v) is 9.86. The smallest absolute Gasteiger partial charge is 0.138 e. The van der Waals surface area contributed by atoms with Gasteiger partial charge in [0.2, 0.25) is 0 Å². The third-order valence-electron chi connectivity index (χ3n) is 11.6. The molecule has 0 fully saturated rings. The van der Waals surface area contributed by atoms with E-state index in [-0.39, 0.29) is 0 Å². The molecule has 7 nitrogen and oxygen atoms in total. The van der Waals surface area contributed by atoms with Crippen molar-refractivity contribution in [1.29, 1.82) is 0 Å². The first-order valence-corrected chi connectivity index (χ1v) is 21.0. The number of rotatable bonds is 7. The SMILES string of the molecule is CN=CN=C(c1ccccc1)N(C)Cn1c2c(c3cc(-c4cncc(-c5ccc6c(c5)c5ccccc5n6-c5ccc6sc7cccnc7c6c5)c4)ccc31)C=CCC=C2. The first kappa shape index (κ1) is 35.7. The summed E-state index contributed by atoms with van der Waals surface area (Å²) in [5.74, 6) is 0.860. The number of allylic oxidation sites excluding steroid dienone is 2. The van der Waals surface area contributed by atoms with Gasteiger partial charge in [-0.3, -0.25) is 15.0 Å². The van der Waals surface area contributed by atoms with Crippen molar-refractivity contribution in [1.82, 2.24) is 24.0 Å². The minimum absolute atomic E-state index is 0.612. The van der Waals surface area contributed by atoms with Gasteiger partial charge in [0.15, 0.2) is 0 Å². The van der Waals surface area contributed by atoms with Gasteiger partial charge in [0.05, 0.1) is 39.1 Å². The molecular weight excluding hydrogens is 755 g/mol. The number of hydrogen-bond acceptors (Lipinski definition) is 4. The molecule has 5 aromatic heterocycles. The fraction of sp³-hybridized carbons (Fsp3) is 0.0769. The normalized spacial score (nSPS) is 13.1. The van der Waals surface area contributed by atoms with Crippen molar-refractivity contribution in [2.75, 3.05) is 14.1 Å². The Bertz CT molecular complexity index is 3420. The largest absolute Gasteiger partial charge is 0.341 e. The van der Waals surface area contributed by atoms with E-state index in [1.807, 2.05) is 42.9 Å². The standard InChI is InChI=1S/C52H39N7S/c1-53-32-56-52(34-12-5-3-6-13-34)57(2)33-58-45-16-8-4-7-14-40(45)42-27-35(19-22-46(42)58)37-26-38(31-54-30-37)36-20-23-48-43(28-36)41-15-9-10-17-47(41)59(48)39-21-24-49-44(29-39)51-50(60-49)18-11-25-55-51/h3,5-32H,4,33H2,1-2H3. The summed E-state index contributed by atoms with van der Waals surface area (Å²) in [7, 11) is 3.84. The molecule has 5 aromatic carbocycles. The van der Waals surface area contributed by atoms with Gasteiger partial charge >= 0.3 is 0 Å². The van der Waals surface area contributed by atoms with Crippen LogP contribution in [-0.2, 0) is 6.67 Å². The predicted molar refractivity (Wildman–Crippen MR) is 253 cm³/mol. The van der Waals surface area contributed by atoms with Gasteiger partial charge in [0.25, 0.3) is 0 Å². The molecule has 10 aromatic rings. The van der Waals surface area contributed by atoms with Gasteiger partial charge in [-0.1, -0.05) is 78.9 Å². The Morgan fingerprint density at radius 3 is 2.32 bits per heavy atom. The molecule has 0 aliphatic heterocycles. The lowest BCUT2D eigenvalue weighted by Gasteiger charge is -2.23. The van der Waals surface area contributed by atoms with Crippen molar-refractivity contribution in [2.45, 2.75) is 13.1 Å². The van der Waals surface area contributed by atoms with Crippen molar-refractivity contribution in [2.24, 2.45) is 9.98 Å². The van der Waals surface area contributed by atoms with Crippen LogP contribution in [0.3, 0.4) is 0 Å². The highest BCUT2D eigenvalue weighted by Crippen LogP contribution is 2.39. The number of nitrogens with zero attached hydrogens (tertiary/aromatic N) is 7. The Kier molecular flexibility index (Phi) is 8.78. The highest BCUT2D eigenvalue weighted by atomic mass is 32.1. The molecule has 1 aliphatic rings. The summed E-state index contributed by atoms with van der Waals surface area (Å²) in [6.45, 7) is 0.612. The van der Waals surface area contributed by atoms with Gasteiger partial charge in [0, 0.05) is 86.9 Å². The summed E-state index contributed by atoms with van der Waals surface area (Å²) >= 11 is 1.79. The lowest BCUT2D eigenvalue weighted by atomic mass is 9.99. The summed E-state index contributed by atoms with van der Waals surface area (Å²) in [4.78, 5) is 20.6. The highest BCUT2D eigenvalue weighted by Gasteiger charge is 2.20. The Hall–Kier alpha value is -7.42. The molecule has 0 unspecified atom stereocenters. The number of benzene rings is 5. The van der Waals surface area contributed by atoms with Crippen LogP contribution >= 0.6 is 11.3 Å². The monoisotopic (exact) mass is 793 g/mol. The van der Waals surface area contributed by atoms with Crippen molar-refractivity contribution in [3.8, 4) is 27.9 Å². The quantitative estimate of drug-likeness (QED) is 0.119. The lowest BCUT2D eigenvalue weighted by molar-refractivity contribution is 0.411. The van der Waals surface area contributed by atoms with Crippen LogP contribution in [0.25, 0.3) is 93.1 Å². The summed E-state index contributed by atoms with van der Waals surface area (Å²) in [6.07, 6.45) is 17.3. The predicted octanol–water partition coefficient (Wildman–Crippen LogP) is 12.7. The zero-order valence-electron chi connectivity index (χ0n) is 33.2. The maximum atomic E-state index is 4.81. The topological polar surface area (TPSA) is 63.6 Å². The Morgan fingerprint density at radius 2 is 1.47 bits per heavy atom. The van der Waals surface area contributed by atoms with Crippen LogP contribution in [-0.4, -0.2) is 50.3 Å². The van der Waals surface area contributed by atoms with E-state index in [2.05, 4.69) is 154 Å². The average molecular weight is 794 g/mol. The first-order chi connectivity index (χ1) is 29.6. The molecule has 0 N–H and O–H groups in total. The average Bonchev–Trinajstić information content (AvgIpc) is 3.85. The molecule has 0 radical (unpaired) electrons. The molecule has 5 heterocycles. The molecule has 288 valence electrons. The second-order valence-corrected chi connectivity index (χ2v) is 16.3. The van der Waals surface area contributed by atoms with E-state index in [0.717, 1.165) is 56.8 Å². The minimum Gasteiger partial charge on any atom is -0.341 e. The van der Waals surface area contributed by atoms with E-state index >= 15 is 0 Å². The Balaban J connectivity index is 0.977. The zero-order valence-corrected chi connectivity index (χ0v) is 34.0. The van der Waals surface area contributed by atoms with Crippen LogP contribution in [0.1, 0.15) is 23.2 Å². The van der Waals surface area contributed by atoms with E-state index in [1.165, 1.54) is 53.2 Å². The number of amidine groups is 1. The van der Waals surface area contributed by atoms with E-state index in [4.69, 9.17) is 15.0 Å². The second-order valence-electron chi connectivity index (χ2n) is 15.2. The zero-order chi connectivity index (χ0) is 40.2. The molecule has 0 saturated carbocycles. The van der Waals surface area contributed by atoms with Crippen molar-refractivity contribution < 1.29 is 0 Å². The molecule has 0 saturated heterocycles. The lowest BCUT2D eigenvalue weighted by Crippen LogP contribution is -2.30. The van der Waals surface area contributed by atoms with Crippen molar-refractivity contribution >= 4 is 88.7 Å². The number of para-hydroxylation sites is 1. The molecule has 8 heteroatoms. The summed E-state index contributed by atoms with van der Waals surface area (Å²) in [5.41, 5.74) is 13.5. The Labute approximate surface area is 351 Å². The number of pyridine rings is 2. The number of thiophene rings is 1. The summed E-state index contributed by atoms with van der Waals surface area (Å²) in [6, 6.07) is 45.8. The van der Waals surface area contributed by atoms with Gasteiger partial charge in [-0.2, -0.15) is 0 Å². The molecule has 60 heavy (non-hydrogen) atoms. The summed E-state index contributed by atoms with van der Waals surface area (Å²) in [5, 5.41) is 4.82. The van der Waals surface area contributed by atoms with Gasteiger partial charge in [-0.05, 0) is 90.4 Å². The maximum absolute atomic E-state index is 4.81. The van der Waals surface area contributed by atoms with E-state index in [0.29, 0.717) is 6.67 Å². The number of aromatic nitrogens is 4. The maximum Gasteiger partial charge on any atom is 0.138 e. The molecule has 0 spiro atoms. The Morgan fingerprint density at radius 1 is 0.700 bits per heavy atom. The van der Waals surface area contributed by atoms with Crippen LogP contribution in [0.15, 0.2) is 168 Å². The third-order valence-corrected chi connectivity index (χ3v) is 12.7. The third kappa shape index (κ3) is 6.03. The molecule has 0 bridgehead atoms. The highest BCUT2D eigenvalue weighted by molar-refractivity contribution is 7.25. The molecule has 0 amide bonds. The number of aliphatic imine (C=N–C) groups is 2. The van der Waals surface area contributed by atoms with Crippen molar-refractivity contribution in [3.63, 3.8) is 0 Å². The van der Waals surface area contributed by atoms with Gasteiger partial charge in [-0.15, -0.1) is 11.3 Å². The molecule has 11 rings (SSSR count). The van der Waals surface area contributed by atoms with Gasteiger partial charge in [0.1, 0.15) is 12.2 Å². The molecule has 1 aliphatic carbocycles. The van der Waals surface area contributed by atoms with Gasteiger partial charge < -0.3 is 14.0 Å². The molecule has 0 atom stereocenters. The fourth-order valence-electron chi connectivity index (χ4n) is 8.81. The van der Waals surface area contributed by atoms with Crippen molar-refractivity contribution in [3.05, 3.63) is 175 Å². The van der Waals surface area contributed by atoms with Crippen LogP contribution in [0.5, 0.6) is 0 Å². The van der Waals surface area contributed by atoms with Crippen LogP contribution < -0.4 is 0 Å². The first-order valence-electron chi connectivity index (χ1n) is 20.1. The van der Waals surface area contributed by atoms with Crippen LogP contribution in [0.2, 0.25) is 0 Å². The molecular formula is C52H39N7S. The van der Waals surface area contributed by atoms with E-state index in [1.54, 1.807) is 24.7 Å². The van der Waals surface area contributed by atoms with Crippen LogP contribution in [0, 0.1) is 0 Å². The number of fused-ring (bicyclic) bond motifs is 9. The summed E-state index contributed by atoms with van der Waals surface area (Å²) < 4.78 is 7.23. The van der Waals surface area contributed by atoms with Gasteiger partial charge in [-0.25, -0.2) is 4.99 Å². The van der Waals surface area contributed by atoms with E-state index < -0.39 is 0 Å². The minimum atomic E-state index is 0.612. The van der Waals surface area contributed by atoms with E-state index in [9.17, 15) is 0 Å². The second kappa shape index (κ2) is 14.8. The number of hydrogen-bond donors (Lipinski definition) is 0.